The molecule has 0 radical (unpaired) electrons. The average molecular weight is 276 g/mol. The van der Waals surface area contributed by atoms with Crippen LogP contribution in [0.3, 0.4) is 0 Å². The summed E-state index contributed by atoms with van der Waals surface area (Å²) >= 11 is 5.21. The Balaban J connectivity index is 2.31. The molecule has 78 valence electrons. The predicted octanol–water partition coefficient (Wildman–Crippen LogP) is 2.90. The van der Waals surface area contributed by atoms with Crippen molar-refractivity contribution >= 4 is 27.3 Å². The van der Waals surface area contributed by atoms with E-state index in [1.54, 1.807) is 18.4 Å². The first-order valence-corrected chi connectivity index (χ1v) is 6.37. The molecule has 0 atom stereocenters. The minimum Gasteiger partial charge on any atom is -0.486 e. The smallest absolute Gasteiger partial charge is 0.188 e. The van der Waals surface area contributed by atoms with E-state index in [0.29, 0.717) is 0 Å². The number of rotatable bonds is 3. The molecule has 14 heavy (non-hydrogen) atoms. The monoisotopic (exact) mass is 275 g/mol. The number of hydrogen-bond donors (Lipinski definition) is 1. The zero-order valence-corrected chi connectivity index (χ0v) is 10.6. The molecule has 2 nitrogen and oxygen atoms in total. The van der Waals surface area contributed by atoms with Crippen LogP contribution in [0.2, 0.25) is 0 Å². The quantitative estimate of drug-likeness (QED) is 0.921. The van der Waals surface area contributed by atoms with Crippen LogP contribution in [0.1, 0.15) is 24.1 Å². The highest BCUT2D eigenvalue weighted by Crippen LogP contribution is 2.49. The van der Waals surface area contributed by atoms with Gasteiger partial charge in [0.2, 0.25) is 0 Å². The summed E-state index contributed by atoms with van der Waals surface area (Å²) in [5.74, 6) is 0. The van der Waals surface area contributed by atoms with Crippen molar-refractivity contribution in [1.82, 2.24) is 0 Å². The molecule has 0 spiro atoms. The van der Waals surface area contributed by atoms with Crippen LogP contribution in [0.15, 0.2) is 10.5 Å². The number of nitrogens with two attached hydrogens (primary N) is 1. The SMILES string of the molecule is COc1sc(C2(CN)CCC2)cc1Br. The fourth-order valence-electron chi connectivity index (χ4n) is 1.91. The molecule has 1 saturated carbocycles. The molecule has 1 aromatic rings. The Kier molecular flexibility index (Phi) is 2.86. The van der Waals surface area contributed by atoms with Gasteiger partial charge >= 0.3 is 0 Å². The molecule has 1 aliphatic rings. The molecule has 0 aromatic carbocycles. The van der Waals surface area contributed by atoms with Gasteiger partial charge in [-0.05, 0) is 34.8 Å². The third-order valence-electron chi connectivity index (χ3n) is 3.06. The lowest BCUT2D eigenvalue weighted by Gasteiger charge is -2.40. The normalized spacial score (nSPS) is 19.1. The Hall–Kier alpha value is -0.0600. The number of ether oxygens (including phenoxy) is 1. The molecule has 1 fully saturated rings. The number of thiophene rings is 1. The lowest BCUT2D eigenvalue weighted by Crippen LogP contribution is -2.40. The summed E-state index contributed by atoms with van der Waals surface area (Å²) in [4.78, 5) is 1.37. The second kappa shape index (κ2) is 3.83. The molecule has 2 rings (SSSR count). The molecule has 1 aromatic heterocycles. The number of halogens is 1. The summed E-state index contributed by atoms with van der Waals surface area (Å²) in [7, 11) is 1.70. The van der Waals surface area contributed by atoms with Crippen LogP contribution in [0.4, 0.5) is 0 Å². The molecule has 1 heterocycles. The van der Waals surface area contributed by atoms with Crippen molar-refractivity contribution in [3.63, 3.8) is 0 Å². The largest absolute Gasteiger partial charge is 0.486 e. The molecule has 0 saturated heterocycles. The molecule has 0 aliphatic heterocycles. The van der Waals surface area contributed by atoms with Crippen LogP contribution >= 0.6 is 27.3 Å². The molecule has 0 unspecified atom stereocenters. The van der Waals surface area contributed by atoms with Crippen molar-refractivity contribution in [3.05, 3.63) is 15.4 Å². The molecule has 4 heteroatoms. The van der Waals surface area contributed by atoms with Crippen molar-refractivity contribution in [2.75, 3.05) is 13.7 Å². The van der Waals surface area contributed by atoms with Crippen LogP contribution in [0.5, 0.6) is 5.06 Å². The van der Waals surface area contributed by atoms with Crippen LogP contribution < -0.4 is 10.5 Å². The fraction of sp³-hybridized carbons (Fsp3) is 0.600. The van der Waals surface area contributed by atoms with E-state index in [9.17, 15) is 0 Å². The maximum absolute atomic E-state index is 5.85. The first-order chi connectivity index (χ1) is 6.72. The molecular formula is C10H14BrNOS. The van der Waals surface area contributed by atoms with Crippen molar-refractivity contribution in [2.45, 2.75) is 24.7 Å². The lowest BCUT2D eigenvalue weighted by atomic mass is 9.68. The number of methoxy groups -OCH3 is 1. The van der Waals surface area contributed by atoms with Crippen LogP contribution in [-0.4, -0.2) is 13.7 Å². The summed E-state index contributed by atoms with van der Waals surface area (Å²) in [5.41, 5.74) is 6.11. The van der Waals surface area contributed by atoms with Crippen molar-refractivity contribution in [1.29, 1.82) is 0 Å². The molecule has 0 bridgehead atoms. The van der Waals surface area contributed by atoms with Gasteiger partial charge in [-0.25, -0.2) is 0 Å². The molecule has 2 N–H and O–H groups in total. The van der Waals surface area contributed by atoms with Gasteiger partial charge in [0.1, 0.15) is 0 Å². The fourth-order valence-corrected chi connectivity index (χ4v) is 3.81. The van der Waals surface area contributed by atoms with Crippen molar-refractivity contribution in [3.8, 4) is 5.06 Å². The maximum Gasteiger partial charge on any atom is 0.188 e. The first-order valence-electron chi connectivity index (χ1n) is 4.76. The predicted molar refractivity (Wildman–Crippen MR) is 63.2 cm³/mol. The van der Waals surface area contributed by atoms with Crippen molar-refractivity contribution < 1.29 is 4.74 Å². The van der Waals surface area contributed by atoms with E-state index in [1.807, 2.05) is 0 Å². The number of hydrogen-bond acceptors (Lipinski definition) is 3. The van der Waals surface area contributed by atoms with E-state index in [1.165, 1.54) is 24.1 Å². The van der Waals surface area contributed by atoms with Gasteiger partial charge in [0.15, 0.2) is 5.06 Å². The third-order valence-corrected chi connectivity index (χ3v) is 5.26. The van der Waals surface area contributed by atoms with Gasteiger partial charge in [0.05, 0.1) is 11.6 Å². The maximum atomic E-state index is 5.85. The first kappa shape index (κ1) is 10.5. The second-order valence-electron chi connectivity index (χ2n) is 3.79. The van der Waals surface area contributed by atoms with Crippen LogP contribution in [0.25, 0.3) is 0 Å². The summed E-state index contributed by atoms with van der Waals surface area (Å²) in [6, 6.07) is 2.16. The zero-order valence-electron chi connectivity index (χ0n) is 8.18. The average Bonchev–Trinajstić information content (AvgIpc) is 2.46. The van der Waals surface area contributed by atoms with Gasteiger partial charge in [-0.2, -0.15) is 0 Å². The summed E-state index contributed by atoms with van der Waals surface area (Å²) < 4.78 is 6.32. The Morgan fingerprint density at radius 1 is 1.64 bits per heavy atom. The second-order valence-corrected chi connectivity index (χ2v) is 5.66. The Bertz CT molecular complexity index is 327. The highest BCUT2D eigenvalue weighted by Gasteiger charge is 2.39. The van der Waals surface area contributed by atoms with Crippen molar-refractivity contribution in [2.24, 2.45) is 5.73 Å². The van der Waals surface area contributed by atoms with Gasteiger partial charge < -0.3 is 10.5 Å². The molecule has 1 aliphatic carbocycles. The van der Waals surface area contributed by atoms with Gasteiger partial charge in [-0.15, -0.1) is 11.3 Å². The topological polar surface area (TPSA) is 35.2 Å². The Morgan fingerprint density at radius 3 is 2.71 bits per heavy atom. The standard InChI is InChI=1S/C10H14BrNOS/c1-13-9-7(11)5-8(14-9)10(6-12)3-2-4-10/h5H,2-4,6,12H2,1H3. The third kappa shape index (κ3) is 1.49. The summed E-state index contributed by atoms with van der Waals surface area (Å²) in [5, 5.41) is 0.958. The lowest BCUT2D eigenvalue weighted by molar-refractivity contribution is 0.258. The van der Waals surface area contributed by atoms with E-state index in [4.69, 9.17) is 10.5 Å². The van der Waals surface area contributed by atoms with Crippen LogP contribution in [-0.2, 0) is 5.41 Å². The minimum absolute atomic E-state index is 0.254. The van der Waals surface area contributed by atoms with E-state index in [0.717, 1.165) is 16.1 Å². The highest BCUT2D eigenvalue weighted by molar-refractivity contribution is 9.10. The Morgan fingerprint density at radius 2 is 2.36 bits per heavy atom. The minimum atomic E-state index is 0.254. The van der Waals surface area contributed by atoms with Gasteiger partial charge in [0, 0.05) is 16.8 Å². The van der Waals surface area contributed by atoms with E-state index < -0.39 is 0 Å². The summed E-state index contributed by atoms with van der Waals surface area (Å²) in [6.07, 6.45) is 3.74. The summed E-state index contributed by atoms with van der Waals surface area (Å²) in [6.45, 7) is 0.753. The zero-order chi connectivity index (χ0) is 10.2. The Labute approximate surface area is 96.6 Å². The van der Waals surface area contributed by atoms with Crippen LogP contribution in [0, 0.1) is 0 Å². The molecular weight excluding hydrogens is 262 g/mol. The van der Waals surface area contributed by atoms with E-state index in [2.05, 4.69) is 22.0 Å². The van der Waals surface area contributed by atoms with E-state index in [-0.39, 0.29) is 5.41 Å². The van der Waals surface area contributed by atoms with Gasteiger partial charge in [0.25, 0.3) is 0 Å². The highest BCUT2D eigenvalue weighted by atomic mass is 79.9. The van der Waals surface area contributed by atoms with Gasteiger partial charge in [-0.3, -0.25) is 0 Å². The van der Waals surface area contributed by atoms with E-state index >= 15 is 0 Å². The molecule has 0 amide bonds. The van der Waals surface area contributed by atoms with Gasteiger partial charge in [-0.1, -0.05) is 6.42 Å².